The van der Waals surface area contributed by atoms with E-state index in [2.05, 4.69) is 14.9 Å². The summed E-state index contributed by atoms with van der Waals surface area (Å²) in [4.78, 5) is 10.1. The average molecular weight is 228 g/mol. The minimum Gasteiger partial charge on any atom is -0.391 e. The lowest BCUT2D eigenvalue weighted by Crippen LogP contribution is -2.37. The Kier molecular flexibility index (Phi) is 3.07. The fourth-order valence-electron chi connectivity index (χ4n) is 2.06. The van der Waals surface area contributed by atoms with E-state index >= 15 is 0 Å². The van der Waals surface area contributed by atoms with E-state index in [-0.39, 0.29) is 12.1 Å². The molecule has 1 fully saturated rings. The van der Waals surface area contributed by atoms with Gasteiger partial charge in [0.05, 0.1) is 12.1 Å². The van der Waals surface area contributed by atoms with E-state index < -0.39 is 0 Å². The fourth-order valence-corrected chi connectivity index (χ4v) is 2.20. The number of nitrogens with zero attached hydrogens (tertiary/aromatic N) is 3. The molecule has 5 heteroatoms. The van der Waals surface area contributed by atoms with Gasteiger partial charge in [0.1, 0.15) is 17.3 Å². The summed E-state index contributed by atoms with van der Waals surface area (Å²) >= 11 is 5.81. The standard InChI is InChI=1S/C10H14ClN3O/c1-7(15)8-3-2-4-14(8)10-5-9(11)12-6-13-10/h5-8,15H,2-4H2,1H3/t7-,8-/m0/s1. The molecule has 0 aromatic carbocycles. The van der Waals surface area contributed by atoms with Crippen LogP contribution in [0.15, 0.2) is 12.4 Å². The first-order valence-electron chi connectivity index (χ1n) is 5.11. The van der Waals surface area contributed by atoms with Gasteiger partial charge in [0, 0.05) is 12.6 Å². The lowest BCUT2D eigenvalue weighted by Gasteiger charge is -2.27. The molecule has 82 valence electrons. The molecular formula is C10H14ClN3O. The van der Waals surface area contributed by atoms with Crippen molar-refractivity contribution >= 4 is 17.4 Å². The number of hydrogen-bond acceptors (Lipinski definition) is 4. The second-order valence-electron chi connectivity index (χ2n) is 3.84. The topological polar surface area (TPSA) is 49.2 Å². The SMILES string of the molecule is C[C@H](O)[C@@H]1CCCN1c1cc(Cl)ncn1. The van der Waals surface area contributed by atoms with E-state index in [1.165, 1.54) is 6.33 Å². The quantitative estimate of drug-likeness (QED) is 0.778. The van der Waals surface area contributed by atoms with Gasteiger partial charge in [-0.15, -0.1) is 0 Å². The molecule has 2 heterocycles. The van der Waals surface area contributed by atoms with Gasteiger partial charge in [-0.1, -0.05) is 11.6 Å². The Morgan fingerprint density at radius 3 is 3.07 bits per heavy atom. The van der Waals surface area contributed by atoms with Gasteiger partial charge in [-0.25, -0.2) is 9.97 Å². The molecule has 0 saturated carbocycles. The van der Waals surface area contributed by atoms with Gasteiger partial charge in [0.15, 0.2) is 0 Å². The van der Waals surface area contributed by atoms with Crippen molar-refractivity contribution in [3.05, 3.63) is 17.5 Å². The van der Waals surface area contributed by atoms with E-state index in [1.807, 2.05) is 6.92 Å². The van der Waals surface area contributed by atoms with Crippen molar-refractivity contribution in [2.24, 2.45) is 0 Å². The second kappa shape index (κ2) is 4.33. The first-order chi connectivity index (χ1) is 7.18. The summed E-state index contributed by atoms with van der Waals surface area (Å²) in [6.07, 6.45) is 3.19. The van der Waals surface area contributed by atoms with Crippen LogP contribution in [0, 0.1) is 0 Å². The molecule has 1 saturated heterocycles. The molecular weight excluding hydrogens is 214 g/mol. The van der Waals surface area contributed by atoms with Crippen LogP contribution in [0.5, 0.6) is 0 Å². The van der Waals surface area contributed by atoms with Crippen molar-refractivity contribution in [2.45, 2.75) is 31.9 Å². The van der Waals surface area contributed by atoms with Gasteiger partial charge in [-0.05, 0) is 19.8 Å². The maximum absolute atomic E-state index is 9.64. The molecule has 1 aromatic heterocycles. The summed E-state index contributed by atoms with van der Waals surface area (Å²) in [5.41, 5.74) is 0. The van der Waals surface area contributed by atoms with Crippen LogP contribution in [-0.4, -0.2) is 33.8 Å². The van der Waals surface area contributed by atoms with Crippen LogP contribution in [0.2, 0.25) is 5.15 Å². The molecule has 0 amide bonds. The number of aliphatic hydroxyl groups is 1. The Hall–Kier alpha value is -0.870. The number of anilines is 1. The smallest absolute Gasteiger partial charge is 0.134 e. The van der Waals surface area contributed by atoms with E-state index in [9.17, 15) is 5.11 Å². The van der Waals surface area contributed by atoms with Crippen molar-refractivity contribution in [3.63, 3.8) is 0 Å². The van der Waals surface area contributed by atoms with Crippen LogP contribution >= 0.6 is 11.6 Å². The summed E-state index contributed by atoms with van der Waals surface area (Å²) in [6.45, 7) is 2.73. The minimum absolute atomic E-state index is 0.149. The van der Waals surface area contributed by atoms with Crippen LogP contribution in [-0.2, 0) is 0 Å². The number of aromatic nitrogens is 2. The summed E-state index contributed by atoms with van der Waals surface area (Å²) in [5, 5.41) is 10.1. The maximum atomic E-state index is 9.64. The van der Waals surface area contributed by atoms with Gasteiger partial charge in [-0.3, -0.25) is 0 Å². The van der Waals surface area contributed by atoms with Crippen molar-refractivity contribution in [2.75, 3.05) is 11.4 Å². The Balaban J connectivity index is 2.22. The minimum atomic E-state index is -0.346. The Labute approximate surface area is 93.9 Å². The van der Waals surface area contributed by atoms with Crippen molar-refractivity contribution in [1.29, 1.82) is 0 Å². The number of rotatable bonds is 2. The Morgan fingerprint density at radius 1 is 1.60 bits per heavy atom. The Morgan fingerprint density at radius 2 is 2.40 bits per heavy atom. The first-order valence-corrected chi connectivity index (χ1v) is 5.48. The van der Waals surface area contributed by atoms with Gasteiger partial charge in [0.2, 0.25) is 0 Å². The second-order valence-corrected chi connectivity index (χ2v) is 4.23. The number of halogens is 1. The van der Waals surface area contributed by atoms with Crippen LogP contribution in [0.4, 0.5) is 5.82 Å². The number of hydrogen-bond donors (Lipinski definition) is 1. The summed E-state index contributed by atoms with van der Waals surface area (Å²) in [6, 6.07) is 1.89. The van der Waals surface area contributed by atoms with Crippen molar-refractivity contribution in [1.82, 2.24) is 9.97 Å². The zero-order valence-electron chi connectivity index (χ0n) is 8.60. The normalized spacial score (nSPS) is 23.1. The molecule has 2 atom stereocenters. The highest BCUT2D eigenvalue weighted by Crippen LogP contribution is 2.26. The van der Waals surface area contributed by atoms with Gasteiger partial charge in [0.25, 0.3) is 0 Å². The Bertz CT molecular complexity index is 345. The molecule has 0 spiro atoms. The molecule has 0 aliphatic carbocycles. The molecule has 1 N–H and O–H groups in total. The molecule has 1 aliphatic heterocycles. The molecule has 0 radical (unpaired) electrons. The average Bonchev–Trinajstić information content (AvgIpc) is 2.65. The molecule has 0 unspecified atom stereocenters. The van der Waals surface area contributed by atoms with E-state index in [1.54, 1.807) is 6.07 Å². The maximum Gasteiger partial charge on any atom is 0.134 e. The summed E-state index contributed by atoms with van der Waals surface area (Å²) in [7, 11) is 0. The predicted molar refractivity (Wildman–Crippen MR) is 59.1 cm³/mol. The zero-order valence-corrected chi connectivity index (χ0v) is 9.35. The third-order valence-electron chi connectivity index (χ3n) is 2.77. The largest absolute Gasteiger partial charge is 0.391 e. The predicted octanol–water partition coefficient (Wildman–Crippen LogP) is 1.48. The van der Waals surface area contributed by atoms with Gasteiger partial charge in [-0.2, -0.15) is 0 Å². The zero-order chi connectivity index (χ0) is 10.8. The third-order valence-corrected chi connectivity index (χ3v) is 2.98. The molecule has 1 aliphatic rings. The van der Waals surface area contributed by atoms with Crippen LogP contribution < -0.4 is 4.90 Å². The lowest BCUT2D eigenvalue weighted by molar-refractivity contribution is 0.164. The van der Waals surface area contributed by atoms with Gasteiger partial charge < -0.3 is 10.0 Å². The van der Waals surface area contributed by atoms with Crippen LogP contribution in [0.1, 0.15) is 19.8 Å². The van der Waals surface area contributed by atoms with Gasteiger partial charge >= 0.3 is 0 Å². The highest BCUT2D eigenvalue weighted by atomic mass is 35.5. The van der Waals surface area contributed by atoms with Crippen molar-refractivity contribution in [3.8, 4) is 0 Å². The fraction of sp³-hybridized carbons (Fsp3) is 0.600. The third kappa shape index (κ3) is 2.21. The van der Waals surface area contributed by atoms with E-state index in [0.717, 1.165) is 25.2 Å². The first kappa shape index (κ1) is 10.6. The molecule has 1 aromatic rings. The number of aliphatic hydroxyl groups excluding tert-OH is 1. The van der Waals surface area contributed by atoms with Crippen LogP contribution in [0.3, 0.4) is 0 Å². The van der Waals surface area contributed by atoms with E-state index in [4.69, 9.17) is 11.6 Å². The summed E-state index contributed by atoms with van der Waals surface area (Å²) < 4.78 is 0. The van der Waals surface area contributed by atoms with Crippen LogP contribution in [0.25, 0.3) is 0 Å². The molecule has 15 heavy (non-hydrogen) atoms. The summed E-state index contributed by atoms with van der Waals surface area (Å²) in [5.74, 6) is 0.804. The van der Waals surface area contributed by atoms with Crippen molar-refractivity contribution < 1.29 is 5.11 Å². The molecule has 4 nitrogen and oxygen atoms in total. The lowest BCUT2D eigenvalue weighted by atomic mass is 10.1. The monoisotopic (exact) mass is 227 g/mol. The van der Waals surface area contributed by atoms with E-state index in [0.29, 0.717) is 5.15 Å². The molecule has 2 rings (SSSR count). The molecule has 0 bridgehead atoms. The highest BCUT2D eigenvalue weighted by molar-refractivity contribution is 6.29. The highest BCUT2D eigenvalue weighted by Gasteiger charge is 2.29.